The summed E-state index contributed by atoms with van der Waals surface area (Å²) in [7, 11) is -10.1. The second-order valence-corrected chi connectivity index (χ2v) is 23.4. The van der Waals surface area contributed by atoms with Crippen LogP contribution in [0.4, 0.5) is 0 Å². The first-order valence-electron chi connectivity index (χ1n) is 10.4. The van der Waals surface area contributed by atoms with E-state index in [2.05, 4.69) is 9.97 Å². The van der Waals surface area contributed by atoms with Crippen molar-refractivity contribution in [3.8, 4) is 11.8 Å². The first kappa shape index (κ1) is 25.9. The molecule has 0 N–H and O–H groups in total. The Morgan fingerprint density at radius 1 is 0.516 bits per heavy atom. The molecule has 0 aromatic carbocycles. The molecule has 2 aromatic rings. The molecule has 0 atom stereocenters. The van der Waals surface area contributed by atoms with Crippen molar-refractivity contribution in [3.63, 3.8) is 0 Å². The van der Waals surface area contributed by atoms with Crippen molar-refractivity contribution in [1.82, 2.24) is 9.97 Å². The third kappa shape index (κ3) is 9.35. The first-order chi connectivity index (χ1) is 14.1. The number of nitrogens with zero attached hydrogens (tertiary/aromatic N) is 2. The van der Waals surface area contributed by atoms with E-state index < -0.39 is 34.2 Å². The minimum Gasteiger partial charge on any atom is -0.507 e. The molecule has 0 saturated heterocycles. The van der Waals surface area contributed by atoms with Crippen molar-refractivity contribution >= 4 is 34.2 Å². The van der Waals surface area contributed by atoms with Gasteiger partial charge in [0, 0.05) is 11.4 Å². The van der Waals surface area contributed by atoms with Crippen molar-refractivity contribution in [2.24, 2.45) is 0 Å². The molecule has 0 saturated carbocycles. The van der Waals surface area contributed by atoms with E-state index in [-0.39, 0.29) is 0 Å². The van der Waals surface area contributed by atoms with E-state index in [0.29, 0.717) is 11.8 Å². The summed E-state index contributed by atoms with van der Waals surface area (Å²) < 4.78 is 31.7. The fourth-order valence-corrected chi connectivity index (χ4v) is 20.4. The molecule has 0 aliphatic carbocycles. The molecule has 0 aliphatic rings. The predicted octanol–water partition coefficient (Wildman–Crippen LogP) is 5.41. The summed E-state index contributed by atoms with van der Waals surface area (Å²) in [4.78, 5) is 8.86. The second kappa shape index (κ2) is 9.65. The number of hydrogen-bond donors (Lipinski definition) is 0. The Morgan fingerprint density at radius 3 is 1.16 bits per heavy atom. The Hall–Kier alpha value is -1.35. The van der Waals surface area contributed by atoms with Gasteiger partial charge in [-0.05, 0) is 90.5 Å². The zero-order valence-corrected chi connectivity index (χ0v) is 24.4. The van der Waals surface area contributed by atoms with Gasteiger partial charge >= 0.3 is 34.2 Å². The van der Waals surface area contributed by atoms with Gasteiger partial charge in [0.15, 0.2) is 0 Å². The van der Waals surface area contributed by atoms with E-state index in [4.69, 9.17) is 21.2 Å². The maximum Gasteiger partial charge on any atom is 0.385 e. The van der Waals surface area contributed by atoms with Crippen LogP contribution in [0.1, 0.15) is 11.4 Å². The van der Waals surface area contributed by atoms with E-state index in [0.717, 1.165) is 11.4 Å². The zero-order chi connectivity index (χ0) is 23.5. The number of hydrogen-bond acceptors (Lipinski definition) is 7. The Bertz CT molecular complexity index is 822. The highest BCUT2D eigenvalue weighted by atomic mass is 28.5. The number of pyridine rings is 2. The van der Waals surface area contributed by atoms with Gasteiger partial charge in [-0.15, -0.1) is 0 Å². The average Bonchev–Trinajstić information content (AvgIpc) is 2.49. The molecule has 0 spiro atoms. The van der Waals surface area contributed by atoms with Gasteiger partial charge in [0.25, 0.3) is 0 Å². The third-order valence-electron chi connectivity index (χ3n) is 3.90. The molecule has 0 bridgehead atoms. The van der Waals surface area contributed by atoms with Gasteiger partial charge in [0.05, 0.1) is 0 Å². The fraction of sp³-hybridized carbons (Fsp3) is 0.500. The van der Waals surface area contributed by atoms with Gasteiger partial charge in [0.1, 0.15) is 0 Å². The molecule has 172 valence electrons. The van der Waals surface area contributed by atoms with Crippen LogP contribution in [0.2, 0.25) is 52.4 Å². The molecule has 2 heterocycles. The molecule has 0 radical (unpaired) electrons. The van der Waals surface area contributed by atoms with Crippen LogP contribution in [-0.4, -0.2) is 44.2 Å². The summed E-state index contributed by atoms with van der Waals surface area (Å²) in [6.07, 6.45) is 0. The van der Waals surface area contributed by atoms with Crippen LogP contribution < -0.4 is 8.85 Å². The van der Waals surface area contributed by atoms with Gasteiger partial charge in [-0.2, -0.15) is 0 Å². The van der Waals surface area contributed by atoms with Gasteiger partial charge in [-0.3, -0.25) is 0 Å². The Labute approximate surface area is 191 Å². The van der Waals surface area contributed by atoms with Crippen LogP contribution in [0.25, 0.3) is 0 Å². The summed E-state index contributed by atoms with van der Waals surface area (Å²) in [6, 6.07) is 11.5. The smallest absolute Gasteiger partial charge is 0.385 e. The fourth-order valence-electron chi connectivity index (χ4n) is 3.51. The van der Waals surface area contributed by atoms with Crippen LogP contribution in [0.15, 0.2) is 36.4 Å². The highest BCUT2D eigenvalue weighted by Gasteiger charge is 2.46. The topological polar surface area (TPSA) is 71.9 Å². The lowest BCUT2D eigenvalue weighted by atomic mass is 10.4. The molecule has 31 heavy (non-hydrogen) atoms. The van der Waals surface area contributed by atoms with Gasteiger partial charge in [-0.1, -0.05) is 12.1 Å². The molecule has 2 aromatic heterocycles. The van der Waals surface area contributed by atoms with Crippen molar-refractivity contribution in [3.05, 3.63) is 47.8 Å². The highest BCUT2D eigenvalue weighted by molar-refractivity contribution is 6.87. The van der Waals surface area contributed by atoms with E-state index in [9.17, 15) is 0 Å². The van der Waals surface area contributed by atoms with Crippen LogP contribution in [0.5, 0.6) is 11.8 Å². The van der Waals surface area contributed by atoms with Gasteiger partial charge in [0.2, 0.25) is 11.8 Å². The van der Waals surface area contributed by atoms with Crippen LogP contribution in [0, 0.1) is 13.8 Å². The summed E-state index contributed by atoms with van der Waals surface area (Å²) in [5, 5.41) is 0. The minimum atomic E-state index is -2.55. The third-order valence-corrected chi connectivity index (χ3v) is 17.1. The SMILES string of the molecule is Cc1cccc(O[Si](C)(C)O[Si](C)(C)O[Si](C)(C)O[Si](C)(C)Oc2cccc(C)n2)n1. The average molecular weight is 497 g/mol. The first-order valence-corrected chi connectivity index (χ1v) is 21.7. The minimum absolute atomic E-state index is 0.585. The molecular formula is C20H36N2O5Si4. The lowest BCUT2D eigenvalue weighted by molar-refractivity contribution is 0.281. The number of aryl methyl sites for hydroxylation is 2. The maximum absolute atomic E-state index is 6.52. The van der Waals surface area contributed by atoms with Gasteiger partial charge in [-0.25, -0.2) is 9.97 Å². The Kier molecular flexibility index (Phi) is 8.06. The molecular weight excluding hydrogens is 461 g/mol. The molecule has 0 unspecified atom stereocenters. The van der Waals surface area contributed by atoms with Crippen LogP contribution in [-0.2, 0) is 12.3 Å². The highest BCUT2D eigenvalue weighted by Crippen LogP contribution is 2.26. The number of aromatic nitrogens is 2. The van der Waals surface area contributed by atoms with Crippen molar-refractivity contribution < 1.29 is 21.2 Å². The van der Waals surface area contributed by atoms with Crippen LogP contribution in [0.3, 0.4) is 0 Å². The maximum atomic E-state index is 6.52. The Morgan fingerprint density at radius 2 is 0.839 bits per heavy atom. The predicted molar refractivity (Wildman–Crippen MR) is 132 cm³/mol. The monoisotopic (exact) mass is 496 g/mol. The number of rotatable bonds is 10. The van der Waals surface area contributed by atoms with Crippen molar-refractivity contribution in [1.29, 1.82) is 0 Å². The summed E-state index contributed by atoms with van der Waals surface area (Å²) >= 11 is 0. The molecule has 2 rings (SSSR count). The second-order valence-electron chi connectivity index (χ2n) is 9.34. The van der Waals surface area contributed by atoms with E-state index in [1.165, 1.54) is 0 Å². The summed E-state index contributed by atoms with van der Waals surface area (Å²) in [5.74, 6) is 1.17. The van der Waals surface area contributed by atoms with E-state index in [1.807, 2.05) is 103 Å². The summed E-state index contributed by atoms with van der Waals surface area (Å²) in [6.45, 7) is 20.0. The van der Waals surface area contributed by atoms with Gasteiger partial charge < -0.3 is 21.2 Å². The Balaban J connectivity index is 2.02. The van der Waals surface area contributed by atoms with E-state index >= 15 is 0 Å². The quantitative estimate of drug-likeness (QED) is 0.407. The molecule has 11 heteroatoms. The lowest BCUT2D eigenvalue weighted by Crippen LogP contribution is -2.58. The normalized spacial score (nSPS) is 13.2. The molecule has 0 fully saturated rings. The van der Waals surface area contributed by atoms with Crippen molar-refractivity contribution in [2.45, 2.75) is 66.2 Å². The molecule has 0 aliphatic heterocycles. The lowest BCUT2D eigenvalue weighted by Gasteiger charge is -2.39. The standard InChI is InChI=1S/C20H36N2O5Si4/c1-17-13-11-15-19(21-17)23-28(3,4)25-30(7,8)27-31(9,10)26-29(5,6)24-20-16-12-14-18(2)22-20/h11-16H,1-10H3. The molecule has 7 nitrogen and oxygen atoms in total. The zero-order valence-electron chi connectivity index (χ0n) is 20.4. The largest absolute Gasteiger partial charge is 0.507 e. The van der Waals surface area contributed by atoms with Crippen LogP contribution >= 0.6 is 0 Å². The van der Waals surface area contributed by atoms with Crippen molar-refractivity contribution in [2.75, 3.05) is 0 Å². The van der Waals surface area contributed by atoms with E-state index in [1.54, 1.807) is 0 Å². The molecule has 0 amide bonds. The summed E-state index contributed by atoms with van der Waals surface area (Å²) in [5.41, 5.74) is 1.82.